The van der Waals surface area contributed by atoms with Gasteiger partial charge < -0.3 is 15.9 Å². The van der Waals surface area contributed by atoms with E-state index < -0.39 is 5.97 Å². The van der Waals surface area contributed by atoms with Crippen LogP contribution in [0.1, 0.15) is 10.4 Å². The minimum Gasteiger partial charge on any atom is -0.508 e. The number of anilines is 1. The van der Waals surface area contributed by atoms with Gasteiger partial charge in [0.2, 0.25) is 0 Å². The molecule has 114 valence electrons. The molecule has 6 heteroatoms. The van der Waals surface area contributed by atoms with Gasteiger partial charge in [0, 0.05) is 11.1 Å². The van der Waals surface area contributed by atoms with E-state index in [0.717, 1.165) is 11.1 Å². The second kappa shape index (κ2) is 5.76. The van der Waals surface area contributed by atoms with Crippen LogP contribution >= 0.6 is 0 Å². The summed E-state index contributed by atoms with van der Waals surface area (Å²) < 4.78 is 0. The highest BCUT2D eigenvalue weighted by Crippen LogP contribution is 2.27. The number of hydrogen-bond acceptors (Lipinski definition) is 5. The molecule has 23 heavy (non-hydrogen) atoms. The first-order chi connectivity index (χ1) is 11.0. The summed E-state index contributed by atoms with van der Waals surface area (Å²) in [5, 5.41) is 18.3. The summed E-state index contributed by atoms with van der Waals surface area (Å²) in [6, 6.07) is 12.9. The van der Waals surface area contributed by atoms with Crippen LogP contribution in [0.2, 0.25) is 0 Å². The number of phenolic OH excluding ortho intramolecular Hbond substituents is 1. The third-order valence-electron chi connectivity index (χ3n) is 3.37. The zero-order valence-electron chi connectivity index (χ0n) is 12.0. The average Bonchev–Trinajstić information content (AvgIpc) is 2.56. The van der Waals surface area contributed by atoms with Crippen molar-refractivity contribution in [2.24, 2.45) is 0 Å². The predicted molar refractivity (Wildman–Crippen MR) is 85.9 cm³/mol. The van der Waals surface area contributed by atoms with Crippen LogP contribution in [0.5, 0.6) is 5.75 Å². The molecule has 1 heterocycles. The maximum absolute atomic E-state index is 10.9. The lowest BCUT2D eigenvalue weighted by Crippen LogP contribution is -1.99. The fourth-order valence-corrected chi connectivity index (χ4v) is 2.15. The molecule has 0 aliphatic rings. The fourth-order valence-electron chi connectivity index (χ4n) is 2.15. The van der Waals surface area contributed by atoms with Crippen molar-refractivity contribution in [3.8, 4) is 28.3 Å². The van der Waals surface area contributed by atoms with Crippen molar-refractivity contribution in [2.75, 3.05) is 5.73 Å². The molecule has 0 spiro atoms. The van der Waals surface area contributed by atoms with Crippen molar-refractivity contribution in [2.45, 2.75) is 0 Å². The number of carbonyl (C=O) groups is 1. The van der Waals surface area contributed by atoms with Gasteiger partial charge in [0.1, 0.15) is 17.3 Å². The number of benzene rings is 2. The molecule has 0 aliphatic heterocycles. The van der Waals surface area contributed by atoms with Crippen molar-refractivity contribution in [1.29, 1.82) is 0 Å². The number of carboxylic acid groups (broad SMARTS) is 1. The molecular formula is C17H13N3O3. The second-order valence-electron chi connectivity index (χ2n) is 4.92. The normalized spacial score (nSPS) is 10.4. The summed E-state index contributed by atoms with van der Waals surface area (Å²) in [4.78, 5) is 19.5. The molecule has 0 atom stereocenters. The third-order valence-corrected chi connectivity index (χ3v) is 3.37. The molecule has 0 fully saturated rings. The minimum atomic E-state index is -0.982. The molecule has 2 aromatic carbocycles. The summed E-state index contributed by atoms with van der Waals surface area (Å²) in [6.45, 7) is 0. The van der Waals surface area contributed by atoms with E-state index in [0.29, 0.717) is 11.4 Å². The van der Waals surface area contributed by atoms with E-state index in [2.05, 4.69) is 9.97 Å². The van der Waals surface area contributed by atoms with Crippen molar-refractivity contribution in [1.82, 2.24) is 9.97 Å². The van der Waals surface area contributed by atoms with Crippen molar-refractivity contribution < 1.29 is 15.0 Å². The van der Waals surface area contributed by atoms with Gasteiger partial charge in [0.15, 0.2) is 0 Å². The van der Waals surface area contributed by atoms with Crippen LogP contribution in [-0.2, 0) is 0 Å². The highest BCUT2D eigenvalue weighted by Gasteiger charge is 2.10. The van der Waals surface area contributed by atoms with Crippen LogP contribution in [0, 0.1) is 0 Å². The van der Waals surface area contributed by atoms with E-state index in [9.17, 15) is 9.90 Å². The topological polar surface area (TPSA) is 109 Å². The largest absolute Gasteiger partial charge is 0.508 e. The number of aromatic carboxylic acids is 1. The summed E-state index contributed by atoms with van der Waals surface area (Å²) in [5.74, 6) is -0.549. The maximum Gasteiger partial charge on any atom is 0.335 e. The van der Waals surface area contributed by atoms with E-state index in [1.807, 2.05) is 0 Å². The number of aromatic nitrogens is 2. The Bertz CT molecular complexity index is 859. The molecule has 0 aliphatic carbocycles. The lowest BCUT2D eigenvalue weighted by atomic mass is 10.1. The number of hydrogen-bond donors (Lipinski definition) is 3. The van der Waals surface area contributed by atoms with Crippen molar-refractivity contribution in [3.05, 3.63) is 60.3 Å². The number of nitrogens with two attached hydrogens (primary N) is 1. The van der Waals surface area contributed by atoms with Crippen LogP contribution in [-0.4, -0.2) is 26.2 Å². The zero-order chi connectivity index (χ0) is 16.4. The Morgan fingerprint density at radius 1 is 0.957 bits per heavy atom. The Hall–Kier alpha value is -3.41. The van der Waals surface area contributed by atoms with Gasteiger partial charge in [-0.3, -0.25) is 0 Å². The molecule has 6 nitrogen and oxygen atoms in total. The van der Waals surface area contributed by atoms with Crippen LogP contribution in [0.3, 0.4) is 0 Å². The summed E-state index contributed by atoms with van der Waals surface area (Å²) in [6.07, 6.45) is 1.54. The van der Waals surface area contributed by atoms with Crippen LogP contribution in [0.15, 0.2) is 54.7 Å². The number of carboxylic acids is 1. The monoisotopic (exact) mass is 307 g/mol. The van der Waals surface area contributed by atoms with Crippen molar-refractivity contribution >= 4 is 11.8 Å². The highest BCUT2D eigenvalue weighted by molar-refractivity contribution is 5.88. The third kappa shape index (κ3) is 2.96. The van der Waals surface area contributed by atoms with Crippen LogP contribution in [0.25, 0.3) is 22.5 Å². The molecule has 3 aromatic rings. The minimum absolute atomic E-state index is 0.153. The van der Waals surface area contributed by atoms with Gasteiger partial charge in [0.05, 0.1) is 17.5 Å². The molecule has 0 amide bonds. The number of aromatic hydroxyl groups is 1. The number of nitrogen functional groups attached to an aromatic ring is 1. The maximum atomic E-state index is 10.9. The number of nitrogens with zero attached hydrogens (tertiary/aromatic N) is 2. The standard InChI is InChI=1S/C17H13N3O3/c18-16-15(11-5-7-13(21)8-6-11)20-14(9-19-16)10-1-3-12(4-2-10)17(22)23/h1-9,21H,(H2,18,19)(H,22,23). The first-order valence-electron chi connectivity index (χ1n) is 6.80. The Kier molecular flexibility index (Phi) is 3.64. The molecule has 4 N–H and O–H groups in total. The summed E-state index contributed by atoms with van der Waals surface area (Å²) in [5.41, 5.74) is 8.65. The molecular weight excluding hydrogens is 294 g/mol. The molecule has 0 unspecified atom stereocenters. The quantitative estimate of drug-likeness (QED) is 0.686. The average molecular weight is 307 g/mol. The molecule has 1 aromatic heterocycles. The van der Waals surface area contributed by atoms with E-state index in [4.69, 9.17) is 10.8 Å². The van der Waals surface area contributed by atoms with Gasteiger partial charge in [-0.15, -0.1) is 0 Å². The molecule has 0 radical (unpaired) electrons. The molecule has 0 saturated heterocycles. The fraction of sp³-hybridized carbons (Fsp3) is 0. The Balaban J connectivity index is 2.03. The Morgan fingerprint density at radius 2 is 1.57 bits per heavy atom. The van der Waals surface area contributed by atoms with E-state index in [1.54, 1.807) is 36.4 Å². The molecule has 0 bridgehead atoms. The van der Waals surface area contributed by atoms with Gasteiger partial charge in [-0.2, -0.15) is 0 Å². The lowest BCUT2D eigenvalue weighted by molar-refractivity contribution is 0.0697. The van der Waals surface area contributed by atoms with Gasteiger partial charge >= 0.3 is 5.97 Å². The van der Waals surface area contributed by atoms with E-state index >= 15 is 0 Å². The van der Waals surface area contributed by atoms with Crippen LogP contribution < -0.4 is 5.73 Å². The predicted octanol–water partition coefficient (Wildman–Crippen LogP) is 2.80. The first kappa shape index (κ1) is 14.5. The van der Waals surface area contributed by atoms with Crippen molar-refractivity contribution in [3.63, 3.8) is 0 Å². The first-order valence-corrected chi connectivity index (χ1v) is 6.80. The summed E-state index contributed by atoms with van der Waals surface area (Å²) in [7, 11) is 0. The Labute approximate surface area is 131 Å². The van der Waals surface area contributed by atoms with E-state index in [-0.39, 0.29) is 17.1 Å². The highest BCUT2D eigenvalue weighted by atomic mass is 16.4. The number of rotatable bonds is 3. The smallest absolute Gasteiger partial charge is 0.335 e. The number of phenols is 1. The summed E-state index contributed by atoms with van der Waals surface area (Å²) >= 11 is 0. The van der Waals surface area contributed by atoms with Gasteiger partial charge in [0.25, 0.3) is 0 Å². The zero-order valence-corrected chi connectivity index (χ0v) is 12.0. The molecule has 3 rings (SSSR count). The SMILES string of the molecule is Nc1ncc(-c2ccc(C(=O)O)cc2)nc1-c1ccc(O)cc1. The van der Waals surface area contributed by atoms with Gasteiger partial charge in [-0.1, -0.05) is 12.1 Å². The molecule has 0 saturated carbocycles. The second-order valence-corrected chi connectivity index (χ2v) is 4.92. The van der Waals surface area contributed by atoms with Crippen LogP contribution in [0.4, 0.5) is 5.82 Å². The van der Waals surface area contributed by atoms with E-state index in [1.165, 1.54) is 18.3 Å². The lowest BCUT2D eigenvalue weighted by Gasteiger charge is -2.08. The Morgan fingerprint density at radius 3 is 2.17 bits per heavy atom. The van der Waals surface area contributed by atoms with Gasteiger partial charge in [-0.05, 0) is 36.4 Å². The van der Waals surface area contributed by atoms with Gasteiger partial charge in [-0.25, -0.2) is 14.8 Å².